The molecule has 0 radical (unpaired) electrons. The molecule has 1 unspecified atom stereocenters. The molecule has 0 aliphatic carbocycles. The Morgan fingerprint density at radius 1 is 1.56 bits per heavy atom. The predicted octanol–water partition coefficient (Wildman–Crippen LogP) is 2.38. The summed E-state index contributed by atoms with van der Waals surface area (Å²) in [6, 6.07) is 6.14. The second-order valence-corrected chi connectivity index (χ2v) is 4.57. The van der Waals surface area contributed by atoms with Crippen LogP contribution in [0.1, 0.15) is 25.3 Å². The quantitative estimate of drug-likeness (QED) is 0.832. The van der Waals surface area contributed by atoms with Gasteiger partial charge in [-0.1, -0.05) is 6.07 Å². The van der Waals surface area contributed by atoms with Gasteiger partial charge in [-0.2, -0.15) is 0 Å². The van der Waals surface area contributed by atoms with Crippen molar-refractivity contribution in [2.45, 2.75) is 32.3 Å². The standard InChI is InChI=1S/C14H19NO3/c1-10-9-15-12-8-11(6-7-13(12)18-10)4-3-5-14(16)17-2/h6-8,10,15H,3-5,9H2,1-2H3. The molecule has 1 aromatic carbocycles. The van der Waals surface area contributed by atoms with Gasteiger partial charge in [0.25, 0.3) is 0 Å². The molecule has 4 heteroatoms. The molecule has 0 saturated carbocycles. The summed E-state index contributed by atoms with van der Waals surface area (Å²) in [6.45, 7) is 2.87. The van der Waals surface area contributed by atoms with Crippen molar-refractivity contribution in [3.05, 3.63) is 23.8 Å². The largest absolute Gasteiger partial charge is 0.487 e. The van der Waals surface area contributed by atoms with E-state index in [1.807, 2.05) is 13.0 Å². The fraction of sp³-hybridized carbons (Fsp3) is 0.500. The molecule has 0 spiro atoms. The molecule has 1 heterocycles. The van der Waals surface area contributed by atoms with Crippen molar-refractivity contribution in [3.8, 4) is 5.75 Å². The number of fused-ring (bicyclic) bond motifs is 1. The maximum absolute atomic E-state index is 11.0. The van der Waals surface area contributed by atoms with Gasteiger partial charge in [-0.05, 0) is 37.5 Å². The van der Waals surface area contributed by atoms with Gasteiger partial charge in [0.1, 0.15) is 11.9 Å². The third-order valence-corrected chi connectivity index (χ3v) is 3.03. The van der Waals surface area contributed by atoms with Crippen LogP contribution in [0.4, 0.5) is 5.69 Å². The van der Waals surface area contributed by atoms with Gasteiger partial charge in [-0.25, -0.2) is 0 Å². The van der Waals surface area contributed by atoms with Gasteiger partial charge < -0.3 is 14.8 Å². The third kappa shape index (κ3) is 3.15. The molecule has 0 aromatic heterocycles. The fourth-order valence-electron chi connectivity index (χ4n) is 2.02. The highest BCUT2D eigenvalue weighted by Gasteiger charge is 2.15. The first-order valence-electron chi connectivity index (χ1n) is 6.29. The highest BCUT2D eigenvalue weighted by molar-refractivity contribution is 5.69. The van der Waals surface area contributed by atoms with Crippen LogP contribution in [0, 0.1) is 0 Å². The van der Waals surface area contributed by atoms with E-state index >= 15 is 0 Å². The summed E-state index contributed by atoms with van der Waals surface area (Å²) in [4.78, 5) is 11.0. The Labute approximate surface area is 107 Å². The van der Waals surface area contributed by atoms with Gasteiger partial charge in [0.2, 0.25) is 0 Å². The second-order valence-electron chi connectivity index (χ2n) is 4.57. The molecule has 0 fully saturated rings. The van der Waals surface area contributed by atoms with Crippen molar-refractivity contribution < 1.29 is 14.3 Å². The van der Waals surface area contributed by atoms with Crippen LogP contribution in [-0.2, 0) is 16.0 Å². The van der Waals surface area contributed by atoms with Gasteiger partial charge in [0.05, 0.1) is 19.3 Å². The Bertz CT molecular complexity index is 431. The number of benzene rings is 1. The molecule has 4 nitrogen and oxygen atoms in total. The van der Waals surface area contributed by atoms with Gasteiger partial charge in [-0.15, -0.1) is 0 Å². The number of nitrogens with one attached hydrogen (secondary N) is 1. The van der Waals surface area contributed by atoms with E-state index in [0.717, 1.165) is 30.8 Å². The van der Waals surface area contributed by atoms with E-state index < -0.39 is 0 Å². The van der Waals surface area contributed by atoms with Crippen molar-refractivity contribution >= 4 is 11.7 Å². The van der Waals surface area contributed by atoms with Gasteiger partial charge in [0, 0.05) is 6.42 Å². The highest BCUT2D eigenvalue weighted by atomic mass is 16.5. The summed E-state index contributed by atoms with van der Waals surface area (Å²) in [5.74, 6) is 0.758. The zero-order valence-corrected chi connectivity index (χ0v) is 10.9. The summed E-state index contributed by atoms with van der Waals surface area (Å²) in [5.41, 5.74) is 2.26. The van der Waals surface area contributed by atoms with Crippen LogP contribution in [0.25, 0.3) is 0 Å². The van der Waals surface area contributed by atoms with Crippen LogP contribution in [0.15, 0.2) is 18.2 Å². The van der Waals surface area contributed by atoms with Gasteiger partial charge in [-0.3, -0.25) is 4.79 Å². The van der Waals surface area contributed by atoms with Crippen molar-refractivity contribution in [2.75, 3.05) is 19.0 Å². The molecule has 0 bridgehead atoms. The first kappa shape index (κ1) is 12.7. The average molecular weight is 249 g/mol. The average Bonchev–Trinajstić information content (AvgIpc) is 2.38. The maximum Gasteiger partial charge on any atom is 0.305 e. The Morgan fingerprint density at radius 3 is 3.17 bits per heavy atom. The highest BCUT2D eigenvalue weighted by Crippen LogP contribution is 2.30. The monoisotopic (exact) mass is 249 g/mol. The van der Waals surface area contributed by atoms with Crippen LogP contribution >= 0.6 is 0 Å². The number of hydrogen-bond acceptors (Lipinski definition) is 4. The summed E-state index contributed by atoms with van der Waals surface area (Å²) in [6.07, 6.45) is 2.36. The lowest BCUT2D eigenvalue weighted by molar-refractivity contribution is -0.140. The van der Waals surface area contributed by atoms with E-state index in [2.05, 4.69) is 22.2 Å². The molecule has 2 rings (SSSR count). The number of hydrogen-bond donors (Lipinski definition) is 1. The zero-order valence-electron chi connectivity index (χ0n) is 10.9. The molecular weight excluding hydrogens is 230 g/mol. The van der Waals surface area contributed by atoms with Crippen LogP contribution < -0.4 is 10.1 Å². The minimum Gasteiger partial charge on any atom is -0.487 e. The van der Waals surface area contributed by atoms with Gasteiger partial charge in [0.15, 0.2) is 0 Å². The number of anilines is 1. The first-order valence-corrected chi connectivity index (χ1v) is 6.29. The number of ether oxygens (including phenoxy) is 2. The van der Waals surface area contributed by atoms with Crippen LogP contribution in [-0.4, -0.2) is 25.7 Å². The molecule has 18 heavy (non-hydrogen) atoms. The van der Waals surface area contributed by atoms with E-state index in [4.69, 9.17) is 4.74 Å². The van der Waals surface area contributed by atoms with E-state index in [-0.39, 0.29) is 12.1 Å². The molecule has 98 valence electrons. The Hall–Kier alpha value is -1.71. The molecule has 0 amide bonds. The topological polar surface area (TPSA) is 47.6 Å². The summed E-state index contributed by atoms with van der Waals surface area (Å²) >= 11 is 0. The van der Waals surface area contributed by atoms with Crippen LogP contribution in [0.3, 0.4) is 0 Å². The van der Waals surface area contributed by atoms with Crippen molar-refractivity contribution in [2.24, 2.45) is 0 Å². The maximum atomic E-state index is 11.0. The molecule has 1 N–H and O–H groups in total. The number of carbonyl (C=O) groups excluding carboxylic acids is 1. The van der Waals surface area contributed by atoms with E-state index in [1.54, 1.807) is 0 Å². The Kier molecular flexibility index (Phi) is 4.07. The van der Waals surface area contributed by atoms with E-state index in [9.17, 15) is 4.79 Å². The van der Waals surface area contributed by atoms with Crippen molar-refractivity contribution in [3.63, 3.8) is 0 Å². The number of esters is 1. The molecule has 1 aliphatic rings. The fourth-order valence-corrected chi connectivity index (χ4v) is 2.02. The van der Waals surface area contributed by atoms with Crippen LogP contribution in [0.5, 0.6) is 5.75 Å². The minimum atomic E-state index is -0.150. The summed E-state index contributed by atoms with van der Waals surface area (Å²) in [5, 5.41) is 3.35. The lowest BCUT2D eigenvalue weighted by Crippen LogP contribution is -2.27. The Morgan fingerprint density at radius 2 is 2.39 bits per heavy atom. The number of rotatable bonds is 4. The smallest absolute Gasteiger partial charge is 0.305 e. The lowest BCUT2D eigenvalue weighted by atomic mass is 10.1. The van der Waals surface area contributed by atoms with Crippen molar-refractivity contribution in [1.29, 1.82) is 0 Å². The van der Waals surface area contributed by atoms with E-state index in [0.29, 0.717) is 6.42 Å². The number of carbonyl (C=O) groups is 1. The number of aryl methyl sites for hydroxylation is 1. The normalized spacial score (nSPS) is 17.3. The Balaban J connectivity index is 1.93. The van der Waals surface area contributed by atoms with Crippen LogP contribution in [0.2, 0.25) is 0 Å². The summed E-state index contributed by atoms with van der Waals surface area (Å²) in [7, 11) is 1.42. The minimum absolute atomic E-state index is 0.150. The lowest BCUT2D eigenvalue weighted by Gasteiger charge is -2.25. The van der Waals surface area contributed by atoms with Gasteiger partial charge >= 0.3 is 5.97 Å². The molecule has 1 aliphatic heterocycles. The van der Waals surface area contributed by atoms with E-state index in [1.165, 1.54) is 12.7 Å². The number of methoxy groups -OCH3 is 1. The SMILES string of the molecule is COC(=O)CCCc1ccc2c(c1)NCC(C)O2. The molecule has 1 aromatic rings. The first-order chi connectivity index (χ1) is 8.69. The predicted molar refractivity (Wildman–Crippen MR) is 70.0 cm³/mol. The summed E-state index contributed by atoms with van der Waals surface area (Å²) < 4.78 is 10.3. The molecule has 0 saturated heterocycles. The third-order valence-electron chi connectivity index (χ3n) is 3.03. The van der Waals surface area contributed by atoms with Crippen molar-refractivity contribution in [1.82, 2.24) is 0 Å². The zero-order chi connectivity index (χ0) is 13.0. The molecule has 1 atom stereocenters. The molecular formula is C14H19NO3. The second kappa shape index (κ2) is 5.76.